The van der Waals surface area contributed by atoms with Crippen molar-refractivity contribution >= 4 is 34.3 Å². The Labute approximate surface area is 213 Å². The van der Waals surface area contributed by atoms with Gasteiger partial charge < -0.3 is 27.4 Å². The van der Waals surface area contributed by atoms with E-state index >= 15 is 0 Å². The molecule has 1 aliphatic heterocycles. The van der Waals surface area contributed by atoms with Gasteiger partial charge in [0.05, 0.1) is 30.4 Å². The van der Waals surface area contributed by atoms with Crippen LogP contribution in [0.4, 0.5) is 0 Å². The second-order valence-corrected chi connectivity index (χ2v) is 7.96. The normalized spacial score (nSPS) is 12.6. The minimum atomic E-state index is -0.426. The number of halogens is 1. The number of hydrogen-bond acceptors (Lipinski definition) is 4. The number of aromatic amines is 1. The summed E-state index contributed by atoms with van der Waals surface area (Å²) in [5.74, 6) is -0.593. The zero-order valence-corrected chi connectivity index (χ0v) is 20.5. The van der Waals surface area contributed by atoms with Gasteiger partial charge >= 0.3 is 17.4 Å². The second kappa shape index (κ2) is 10.3. The van der Waals surface area contributed by atoms with Crippen LogP contribution >= 0.6 is 11.6 Å². The predicted octanol–water partition coefficient (Wildman–Crippen LogP) is 4.41. The van der Waals surface area contributed by atoms with Gasteiger partial charge in [-0.05, 0) is 30.3 Å². The Bertz CT molecular complexity index is 1330. The number of H-pyrrole nitrogens is 1. The summed E-state index contributed by atoms with van der Waals surface area (Å²) >= 11 is 6.19. The molecule has 0 atom stereocenters. The van der Waals surface area contributed by atoms with E-state index in [-0.39, 0.29) is 37.2 Å². The van der Waals surface area contributed by atoms with Crippen molar-refractivity contribution in [1.82, 2.24) is 24.6 Å². The number of nitrogens with one attached hydrogen (secondary N) is 1. The van der Waals surface area contributed by atoms with E-state index in [0.717, 1.165) is 16.6 Å². The molecule has 0 saturated carbocycles. The van der Waals surface area contributed by atoms with E-state index in [2.05, 4.69) is 27.3 Å². The van der Waals surface area contributed by atoms with E-state index in [1.165, 1.54) is 0 Å². The number of carbonyl (C=O) groups excluding carboxylic acids is 2. The predicted molar refractivity (Wildman–Crippen MR) is 127 cm³/mol. The monoisotopic (exact) mass is 513 g/mol. The summed E-state index contributed by atoms with van der Waals surface area (Å²) in [5, 5.41) is 9.89. The van der Waals surface area contributed by atoms with Crippen LogP contribution in [0.2, 0.25) is 5.02 Å². The van der Waals surface area contributed by atoms with E-state index in [9.17, 15) is 9.59 Å². The Morgan fingerprint density at radius 3 is 2.76 bits per heavy atom. The molecule has 10 heteroatoms. The number of benzene rings is 1. The van der Waals surface area contributed by atoms with E-state index in [0.29, 0.717) is 47.3 Å². The third-order valence-electron chi connectivity index (χ3n) is 5.51. The van der Waals surface area contributed by atoms with Crippen molar-refractivity contribution in [3.05, 3.63) is 102 Å². The molecule has 1 aliphatic rings. The number of rotatable bonds is 5. The van der Waals surface area contributed by atoms with Crippen LogP contribution < -0.4 is 0 Å². The maximum Gasteiger partial charge on any atom is 3.00 e. The van der Waals surface area contributed by atoms with Gasteiger partial charge in [-0.3, -0.25) is 14.5 Å². The van der Waals surface area contributed by atoms with Crippen molar-refractivity contribution in [2.75, 3.05) is 6.54 Å². The third kappa shape index (κ3) is 4.68. The fraction of sp³-hybridized carbons (Fsp3) is 0.167. The molecule has 0 bridgehead atoms. The first-order chi connectivity index (χ1) is 15.5. The number of fused-ring (bicyclic) bond motifs is 2. The molecule has 1 N–H and O–H groups in total. The molecule has 1 radical (unpaired) electrons. The summed E-state index contributed by atoms with van der Waals surface area (Å²) in [7, 11) is 0. The van der Waals surface area contributed by atoms with Gasteiger partial charge in [0.15, 0.2) is 0 Å². The van der Waals surface area contributed by atoms with Gasteiger partial charge in [0.2, 0.25) is 0 Å². The van der Waals surface area contributed by atoms with E-state index in [4.69, 9.17) is 11.6 Å². The summed E-state index contributed by atoms with van der Waals surface area (Å²) in [6.07, 6.45) is 1.70. The number of hydrogen-bond donors (Lipinski definition) is 1. The molecule has 4 heterocycles. The average molecular weight is 514 g/mol. The molecule has 0 aliphatic carbocycles. The van der Waals surface area contributed by atoms with Crippen molar-refractivity contribution in [3.63, 3.8) is 0 Å². The average Bonchev–Trinajstić information content (AvgIpc) is 3.37. The number of carbonyl (C=O) groups is 2. The van der Waals surface area contributed by atoms with Crippen molar-refractivity contribution in [3.8, 4) is 0 Å². The zero-order chi connectivity index (χ0) is 22.2. The maximum absolute atomic E-state index is 13.2. The summed E-state index contributed by atoms with van der Waals surface area (Å²) in [5.41, 5.74) is 3.34. The molecule has 2 amide bonds. The van der Waals surface area contributed by atoms with Crippen LogP contribution in [-0.4, -0.2) is 43.0 Å². The van der Waals surface area contributed by atoms with E-state index in [1.807, 2.05) is 30.3 Å². The van der Waals surface area contributed by atoms with Gasteiger partial charge in [0, 0.05) is 34.4 Å². The molecule has 1 aromatic carbocycles. The molecule has 4 aromatic rings. The van der Waals surface area contributed by atoms with Crippen LogP contribution in [0.15, 0.2) is 48.7 Å². The van der Waals surface area contributed by atoms with Crippen molar-refractivity contribution in [2.45, 2.75) is 19.6 Å². The number of nitrogens with zero attached hydrogens (tertiary/aromatic N) is 5. The van der Waals surface area contributed by atoms with E-state index in [1.54, 1.807) is 27.9 Å². The van der Waals surface area contributed by atoms with Gasteiger partial charge in [-0.15, -0.1) is 0 Å². The number of pyridine rings is 1. The van der Waals surface area contributed by atoms with Crippen molar-refractivity contribution in [2.24, 2.45) is 0 Å². The number of aromatic nitrogens is 4. The second-order valence-electron chi connectivity index (χ2n) is 7.55. The van der Waals surface area contributed by atoms with Gasteiger partial charge in [0.25, 0.3) is 5.91 Å². The van der Waals surface area contributed by atoms with Crippen molar-refractivity contribution < 1.29 is 27.0 Å². The largest absolute Gasteiger partial charge is 3.00 e. The Hall–Kier alpha value is -3.25. The van der Waals surface area contributed by atoms with Crippen LogP contribution in [0.5, 0.6) is 0 Å². The van der Waals surface area contributed by atoms with Crippen LogP contribution in [0.1, 0.15) is 37.9 Å². The fourth-order valence-corrected chi connectivity index (χ4v) is 4.12. The first-order valence-corrected chi connectivity index (χ1v) is 10.5. The topological polar surface area (TPSA) is 98.0 Å². The molecule has 3 aromatic heterocycles. The number of amides is 2. The molecule has 0 fully saturated rings. The fourth-order valence-electron chi connectivity index (χ4n) is 3.89. The molecular weight excluding hydrogens is 492 g/mol. The molecule has 5 rings (SSSR count). The summed E-state index contributed by atoms with van der Waals surface area (Å²) in [6, 6.07) is 12.7. The molecule has 0 unspecified atom stereocenters. The van der Waals surface area contributed by atoms with Crippen LogP contribution in [0.3, 0.4) is 0 Å². The molecule has 34 heavy (non-hydrogen) atoms. The van der Waals surface area contributed by atoms with Gasteiger partial charge in [-0.25, -0.2) is 12.0 Å². The van der Waals surface area contributed by atoms with Crippen LogP contribution in [0, 0.1) is 14.4 Å². The molecular formula is C24H22ClCrN6O2. The van der Waals surface area contributed by atoms with Crippen LogP contribution in [0.25, 0.3) is 16.2 Å². The molecule has 0 saturated heterocycles. The van der Waals surface area contributed by atoms with Crippen molar-refractivity contribution in [1.29, 1.82) is 0 Å². The van der Waals surface area contributed by atoms with Gasteiger partial charge in [-0.2, -0.15) is 12.1 Å². The minimum Gasteiger partial charge on any atom is -0.658 e. The Morgan fingerprint density at radius 1 is 1.21 bits per heavy atom. The minimum absolute atomic E-state index is 0. The van der Waals surface area contributed by atoms with Gasteiger partial charge in [-0.1, -0.05) is 29.4 Å². The van der Waals surface area contributed by atoms with Gasteiger partial charge in [0.1, 0.15) is 0 Å². The molecule has 173 valence electrons. The van der Waals surface area contributed by atoms with E-state index < -0.39 is 5.91 Å². The first kappa shape index (κ1) is 25.4. The quantitative estimate of drug-likeness (QED) is 0.400. The Kier molecular flexibility index (Phi) is 7.72. The zero-order valence-electron chi connectivity index (χ0n) is 18.5. The summed E-state index contributed by atoms with van der Waals surface area (Å²) in [6.45, 7) is 5.44. The Morgan fingerprint density at radius 2 is 2.03 bits per heavy atom. The smallest absolute Gasteiger partial charge is 0.658 e. The summed E-state index contributed by atoms with van der Waals surface area (Å²) < 4.78 is 1.65. The SMILES string of the molecule is [CH2-]c1nn2c(c1C[N-]C(=O)c1cc3c(Cl)cccc3[nH]1)C(=O)N(Cc1ccccn1)CC2.[CH3-].[Cr+3]. The van der Waals surface area contributed by atoms with Crippen LogP contribution in [-0.2, 0) is 37.0 Å². The standard InChI is InChI=1S/C23H20ClN6O2.CH3.Cr/c1-14-17(12-26-22(31)20-11-16-18(24)6-4-7-19(16)27-20)21-23(32)29(9-10-30(21)28-14)13-15-5-2-3-8-25-15;;/h2-8,11H,1,9-10,12-13H2,(H2,26,27,31);1H3;/q2*-1;+3/p-1. The molecule has 0 spiro atoms. The molecule has 8 nitrogen and oxygen atoms in total. The Balaban J connectivity index is 0.00000162. The first-order valence-electron chi connectivity index (χ1n) is 10.1. The third-order valence-corrected chi connectivity index (χ3v) is 5.84. The maximum atomic E-state index is 13.2. The summed E-state index contributed by atoms with van der Waals surface area (Å²) in [4.78, 5) is 35.0.